The van der Waals surface area contributed by atoms with Gasteiger partial charge in [0, 0.05) is 31.4 Å². The molecule has 2 heterocycles. The Bertz CT molecular complexity index is 312. The number of aromatic nitrogens is 1. The van der Waals surface area contributed by atoms with Crippen molar-refractivity contribution in [2.75, 3.05) is 18.0 Å². The van der Waals surface area contributed by atoms with E-state index in [2.05, 4.69) is 41.2 Å². The van der Waals surface area contributed by atoms with E-state index in [4.69, 9.17) is 0 Å². The van der Waals surface area contributed by atoms with Gasteiger partial charge in [-0.15, -0.1) is 0 Å². The Labute approximate surface area is 97.9 Å². The van der Waals surface area contributed by atoms with E-state index in [1.54, 1.807) is 0 Å². The van der Waals surface area contributed by atoms with Crippen LogP contribution in [0.2, 0.25) is 0 Å². The maximum absolute atomic E-state index is 4.39. The predicted molar refractivity (Wildman–Crippen MR) is 67.7 cm³/mol. The number of pyridine rings is 1. The van der Waals surface area contributed by atoms with Crippen LogP contribution in [0.3, 0.4) is 0 Å². The standard InChI is InChI=1S/C13H21N3/c1-3-11(2)15-12-7-9-16(10-12)13-6-4-5-8-14-13/h4-6,8,11-12,15H,3,7,9-10H2,1-2H3. The van der Waals surface area contributed by atoms with Gasteiger partial charge in [-0.1, -0.05) is 13.0 Å². The monoisotopic (exact) mass is 219 g/mol. The normalized spacial score (nSPS) is 22.4. The second-order valence-corrected chi connectivity index (χ2v) is 4.60. The molecule has 2 unspecified atom stereocenters. The molecule has 0 radical (unpaired) electrons. The van der Waals surface area contributed by atoms with Crippen LogP contribution in [0.5, 0.6) is 0 Å². The molecular weight excluding hydrogens is 198 g/mol. The van der Waals surface area contributed by atoms with E-state index in [9.17, 15) is 0 Å². The summed E-state index contributed by atoms with van der Waals surface area (Å²) in [6.45, 7) is 6.68. The fourth-order valence-corrected chi connectivity index (χ4v) is 2.17. The summed E-state index contributed by atoms with van der Waals surface area (Å²) in [7, 11) is 0. The minimum absolute atomic E-state index is 0.619. The smallest absolute Gasteiger partial charge is 0.128 e. The van der Waals surface area contributed by atoms with Crippen molar-refractivity contribution in [2.24, 2.45) is 0 Å². The van der Waals surface area contributed by atoms with Gasteiger partial charge in [-0.05, 0) is 31.9 Å². The molecule has 16 heavy (non-hydrogen) atoms. The predicted octanol–water partition coefficient (Wildman–Crippen LogP) is 2.05. The van der Waals surface area contributed by atoms with Crippen LogP contribution in [0.25, 0.3) is 0 Å². The molecule has 1 saturated heterocycles. The van der Waals surface area contributed by atoms with Gasteiger partial charge >= 0.3 is 0 Å². The molecular formula is C13H21N3. The lowest BCUT2D eigenvalue weighted by Gasteiger charge is -2.20. The lowest BCUT2D eigenvalue weighted by molar-refractivity contribution is 0.459. The molecule has 0 amide bonds. The number of anilines is 1. The van der Waals surface area contributed by atoms with Crippen LogP contribution in [0.1, 0.15) is 26.7 Å². The molecule has 1 N–H and O–H groups in total. The van der Waals surface area contributed by atoms with Gasteiger partial charge in [0.15, 0.2) is 0 Å². The third-order valence-electron chi connectivity index (χ3n) is 3.29. The van der Waals surface area contributed by atoms with E-state index < -0.39 is 0 Å². The van der Waals surface area contributed by atoms with Gasteiger partial charge < -0.3 is 10.2 Å². The molecule has 0 spiro atoms. The highest BCUT2D eigenvalue weighted by molar-refractivity contribution is 5.39. The molecule has 1 aromatic heterocycles. The number of rotatable bonds is 4. The second-order valence-electron chi connectivity index (χ2n) is 4.60. The average molecular weight is 219 g/mol. The SMILES string of the molecule is CCC(C)NC1CCN(c2ccccn2)C1. The fourth-order valence-electron chi connectivity index (χ4n) is 2.17. The Morgan fingerprint density at radius 3 is 3.12 bits per heavy atom. The summed E-state index contributed by atoms with van der Waals surface area (Å²) < 4.78 is 0. The van der Waals surface area contributed by atoms with Crippen LogP contribution >= 0.6 is 0 Å². The van der Waals surface area contributed by atoms with Gasteiger partial charge in [0.2, 0.25) is 0 Å². The zero-order valence-corrected chi connectivity index (χ0v) is 10.2. The minimum Gasteiger partial charge on any atom is -0.355 e. The van der Waals surface area contributed by atoms with Crippen molar-refractivity contribution in [2.45, 2.75) is 38.8 Å². The van der Waals surface area contributed by atoms with Crippen molar-refractivity contribution in [1.82, 2.24) is 10.3 Å². The lowest BCUT2D eigenvalue weighted by atomic mass is 10.2. The first kappa shape index (κ1) is 11.4. The highest BCUT2D eigenvalue weighted by atomic mass is 15.2. The molecule has 0 saturated carbocycles. The molecule has 0 aliphatic carbocycles. The highest BCUT2D eigenvalue weighted by Gasteiger charge is 2.23. The number of nitrogens with zero attached hydrogens (tertiary/aromatic N) is 2. The van der Waals surface area contributed by atoms with Crippen LogP contribution in [0, 0.1) is 0 Å². The Balaban J connectivity index is 1.89. The topological polar surface area (TPSA) is 28.2 Å². The minimum atomic E-state index is 0.619. The summed E-state index contributed by atoms with van der Waals surface area (Å²) in [6.07, 6.45) is 4.28. The van der Waals surface area contributed by atoms with Gasteiger partial charge in [-0.3, -0.25) is 0 Å². The van der Waals surface area contributed by atoms with Gasteiger partial charge in [-0.2, -0.15) is 0 Å². The molecule has 2 atom stereocenters. The molecule has 1 aliphatic heterocycles. The first-order chi connectivity index (χ1) is 7.79. The largest absolute Gasteiger partial charge is 0.355 e. The first-order valence-corrected chi connectivity index (χ1v) is 6.21. The van der Waals surface area contributed by atoms with Crippen molar-refractivity contribution in [1.29, 1.82) is 0 Å². The Morgan fingerprint density at radius 1 is 1.56 bits per heavy atom. The molecule has 1 fully saturated rings. The van der Waals surface area contributed by atoms with E-state index in [1.165, 1.54) is 12.8 Å². The van der Waals surface area contributed by atoms with E-state index in [1.807, 2.05) is 12.3 Å². The third-order valence-corrected chi connectivity index (χ3v) is 3.29. The molecule has 0 aromatic carbocycles. The molecule has 1 aromatic rings. The average Bonchev–Trinajstić information content (AvgIpc) is 2.78. The second kappa shape index (κ2) is 5.30. The zero-order chi connectivity index (χ0) is 11.4. The van der Waals surface area contributed by atoms with Crippen LogP contribution in [-0.4, -0.2) is 30.2 Å². The van der Waals surface area contributed by atoms with Crippen LogP contribution in [0.15, 0.2) is 24.4 Å². The first-order valence-electron chi connectivity index (χ1n) is 6.21. The number of hydrogen-bond donors (Lipinski definition) is 1. The van der Waals surface area contributed by atoms with Gasteiger partial charge in [0.05, 0.1) is 0 Å². The number of hydrogen-bond acceptors (Lipinski definition) is 3. The van der Waals surface area contributed by atoms with Crippen LogP contribution in [-0.2, 0) is 0 Å². The van der Waals surface area contributed by atoms with Crippen molar-refractivity contribution in [3.05, 3.63) is 24.4 Å². The maximum atomic E-state index is 4.39. The molecule has 88 valence electrons. The summed E-state index contributed by atoms with van der Waals surface area (Å²) >= 11 is 0. The van der Waals surface area contributed by atoms with E-state index in [0.717, 1.165) is 18.9 Å². The molecule has 2 rings (SSSR count). The van der Waals surface area contributed by atoms with Gasteiger partial charge in [0.1, 0.15) is 5.82 Å². The maximum Gasteiger partial charge on any atom is 0.128 e. The van der Waals surface area contributed by atoms with E-state index in [-0.39, 0.29) is 0 Å². The number of nitrogens with one attached hydrogen (secondary N) is 1. The molecule has 0 bridgehead atoms. The lowest BCUT2D eigenvalue weighted by Crippen LogP contribution is -2.38. The Kier molecular flexibility index (Phi) is 3.78. The highest BCUT2D eigenvalue weighted by Crippen LogP contribution is 2.17. The van der Waals surface area contributed by atoms with Crippen LogP contribution < -0.4 is 10.2 Å². The quantitative estimate of drug-likeness (QED) is 0.840. The van der Waals surface area contributed by atoms with Gasteiger partial charge in [-0.25, -0.2) is 4.98 Å². The molecule has 3 nitrogen and oxygen atoms in total. The summed E-state index contributed by atoms with van der Waals surface area (Å²) in [6, 6.07) is 7.35. The third kappa shape index (κ3) is 2.73. The summed E-state index contributed by atoms with van der Waals surface area (Å²) in [5.74, 6) is 1.11. The summed E-state index contributed by atoms with van der Waals surface area (Å²) in [5.41, 5.74) is 0. The van der Waals surface area contributed by atoms with Crippen molar-refractivity contribution < 1.29 is 0 Å². The molecule has 1 aliphatic rings. The van der Waals surface area contributed by atoms with E-state index in [0.29, 0.717) is 12.1 Å². The van der Waals surface area contributed by atoms with Crippen molar-refractivity contribution in [3.8, 4) is 0 Å². The molecule has 3 heteroatoms. The van der Waals surface area contributed by atoms with E-state index >= 15 is 0 Å². The summed E-state index contributed by atoms with van der Waals surface area (Å²) in [5, 5.41) is 3.66. The Morgan fingerprint density at radius 2 is 2.44 bits per heavy atom. The summed E-state index contributed by atoms with van der Waals surface area (Å²) in [4.78, 5) is 6.75. The fraction of sp³-hybridized carbons (Fsp3) is 0.615. The van der Waals surface area contributed by atoms with Crippen molar-refractivity contribution >= 4 is 5.82 Å². The van der Waals surface area contributed by atoms with Gasteiger partial charge in [0.25, 0.3) is 0 Å². The Hall–Kier alpha value is -1.09. The van der Waals surface area contributed by atoms with Crippen molar-refractivity contribution in [3.63, 3.8) is 0 Å². The van der Waals surface area contributed by atoms with Crippen LogP contribution in [0.4, 0.5) is 5.82 Å². The zero-order valence-electron chi connectivity index (χ0n) is 10.2.